The SMILES string of the molecule is O=Cc1cnc(NC(=O)CCCc2cccc(C3(C(=O)O[C@H]4CN5CCC4CC5)CCCCC3)c2)s1. The predicted octanol–water partition coefficient (Wildman–Crippen LogP) is 4.76. The van der Waals surface area contributed by atoms with Crippen molar-refractivity contribution < 1.29 is 19.1 Å². The molecule has 4 aliphatic rings. The van der Waals surface area contributed by atoms with Gasteiger partial charge in [-0.3, -0.25) is 19.3 Å². The van der Waals surface area contributed by atoms with Crippen molar-refractivity contribution in [1.82, 2.24) is 9.88 Å². The molecule has 2 bridgehead atoms. The van der Waals surface area contributed by atoms with Crippen molar-refractivity contribution >= 4 is 34.6 Å². The summed E-state index contributed by atoms with van der Waals surface area (Å²) in [6, 6.07) is 8.37. The van der Waals surface area contributed by atoms with Crippen molar-refractivity contribution in [1.29, 1.82) is 0 Å². The fraction of sp³-hybridized carbons (Fsp3) is 0.571. The van der Waals surface area contributed by atoms with Crippen molar-refractivity contribution in [3.05, 3.63) is 46.5 Å². The topological polar surface area (TPSA) is 88.6 Å². The number of carbonyl (C=O) groups excluding carboxylic acids is 3. The number of aromatic nitrogens is 1. The van der Waals surface area contributed by atoms with Crippen molar-refractivity contribution in [3.8, 4) is 0 Å². The average molecular weight is 510 g/mol. The molecule has 4 fully saturated rings. The quantitative estimate of drug-likeness (QED) is 0.387. The van der Waals surface area contributed by atoms with Crippen molar-refractivity contribution in [3.63, 3.8) is 0 Å². The van der Waals surface area contributed by atoms with Gasteiger partial charge in [0.1, 0.15) is 6.10 Å². The predicted molar refractivity (Wildman–Crippen MR) is 139 cm³/mol. The molecule has 1 aliphatic carbocycles. The van der Waals surface area contributed by atoms with E-state index in [0.717, 1.165) is 88.4 Å². The number of ether oxygens (including phenoxy) is 1. The molecule has 1 aromatic heterocycles. The zero-order valence-corrected chi connectivity index (χ0v) is 21.6. The van der Waals surface area contributed by atoms with Gasteiger partial charge in [-0.1, -0.05) is 54.9 Å². The van der Waals surface area contributed by atoms with Crippen molar-refractivity contribution in [2.45, 2.75) is 75.7 Å². The first-order chi connectivity index (χ1) is 17.6. The minimum atomic E-state index is -0.557. The van der Waals surface area contributed by atoms with Crippen LogP contribution in [0.4, 0.5) is 5.13 Å². The monoisotopic (exact) mass is 509 g/mol. The number of nitrogens with zero attached hydrogens (tertiary/aromatic N) is 2. The van der Waals surface area contributed by atoms with Gasteiger partial charge >= 0.3 is 5.97 Å². The first-order valence-corrected chi connectivity index (χ1v) is 14.1. The van der Waals surface area contributed by atoms with Gasteiger partial charge in [0.2, 0.25) is 5.91 Å². The molecule has 3 saturated heterocycles. The number of amides is 1. The molecule has 3 aliphatic heterocycles. The smallest absolute Gasteiger partial charge is 0.316 e. The van der Waals surface area contributed by atoms with E-state index in [-0.39, 0.29) is 18.0 Å². The minimum Gasteiger partial charge on any atom is -0.460 e. The summed E-state index contributed by atoms with van der Waals surface area (Å²) in [6.45, 7) is 3.15. The summed E-state index contributed by atoms with van der Waals surface area (Å²) >= 11 is 1.17. The summed E-state index contributed by atoms with van der Waals surface area (Å²) in [4.78, 5) is 43.8. The van der Waals surface area contributed by atoms with E-state index in [1.54, 1.807) is 0 Å². The molecule has 192 valence electrons. The molecule has 1 atom stereocenters. The third kappa shape index (κ3) is 5.54. The molecule has 7 nitrogen and oxygen atoms in total. The third-order valence-corrected chi connectivity index (χ3v) is 9.03. The molecule has 4 heterocycles. The Morgan fingerprint density at radius 1 is 1.19 bits per heavy atom. The Morgan fingerprint density at radius 2 is 2.00 bits per heavy atom. The summed E-state index contributed by atoms with van der Waals surface area (Å²) in [5.41, 5.74) is 1.65. The van der Waals surface area contributed by atoms with Gasteiger partial charge in [0.05, 0.1) is 16.5 Å². The maximum absolute atomic E-state index is 13.8. The highest BCUT2D eigenvalue weighted by molar-refractivity contribution is 7.17. The molecule has 1 aromatic carbocycles. The van der Waals surface area contributed by atoms with Gasteiger partial charge in [-0.2, -0.15) is 0 Å². The molecule has 0 radical (unpaired) electrons. The van der Waals surface area contributed by atoms with Crippen LogP contribution >= 0.6 is 11.3 Å². The molecule has 1 saturated carbocycles. The van der Waals surface area contributed by atoms with E-state index in [2.05, 4.69) is 33.4 Å². The lowest BCUT2D eigenvalue weighted by Gasteiger charge is -2.45. The number of nitrogens with one attached hydrogen (secondary N) is 1. The summed E-state index contributed by atoms with van der Waals surface area (Å²) in [7, 11) is 0. The fourth-order valence-electron chi connectivity index (χ4n) is 6.12. The van der Waals surface area contributed by atoms with E-state index in [1.807, 2.05) is 6.07 Å². The molecule has 1 amide bonds. The normalized spacial score (nSPS) is 24.7. The summed E-state index contributed by atoms with van der Waals surface area (Å²) in [6.07, 6.45) is 11.2. The van der Waals surface area contributed by atoms with E-state index >= 15 is 0 Å². The Bertz CT molecular complexity index is 1090. The van der Waals surface area contributed by atoms with E-state index in [0.29, 0.717) is 28.8 Å². The number of benzene rings is 1. The van der Waals surface area contributed by atoms with Crippen LogP contribution in [-0.2, 0) is 26.2 Å². The first kappa shape index (κ1) is 25.1. The number of rotatable bonds is 9. The summed E-state index contributed by atoms with van der Waals surface area (Å²) < 4.78 is 6.28. The molecule has 6 rings (SSSR count). The zero-order valence-electron chi connectivity index (χ0n) is 20.7. The van der Waals surface area contributed by atoms with Crippen LogP contribution < -0.4 is 5.32 Å². The second-order valence-corrected chi connectivity index (χ2v) is 11.6. The van der Waals surface area contributed by atoms with Crippen LogP contribution in [0.2, 0.25) is 0 Å². The number of piperidine rings is 3. The largest absolute Gasteiger partial charge is 0.460 e. The number of hydrogen-bond donors (Lipinski definition) is 1. The highest BCUT2D eigenvalue weighted by atomic mass is 32.1. The number of thiazole rings is 1. The Kier molecular flexibility index (Phi) is 7.82. The van der Waals surface area contributed by atoms with Gasteiger partial charge < -0.3 is 10.1 Å². The van der Waals surface area contributed by atoms with Crippen LogP contribution in [0.1, 0.15) is 78.6 Å². The minimum absolute atomic E-state index is 0.0287. The van der Waals surface area contributed by atoms with Gasteiger partial charge in [-0.25, -0.2) is 4.98 Å². The molecule has 36 heavy (non-hydrogen) atoms. The molecule has 0 spiro atoms. The Morgan fingerprint density at radius 3 is 2.69 bits per heavy atom. The number of esters is 1. The Balaban J connectivity index is 1.22. The van der Waals surface area contributed by atoms with E-state index in [1.165, 1.54) is 17.5 Å². The molecule has 1 N–H and O–H groups in total. The maximum Gasteiger partial charge on any atom is 0.316 e. The Hall–Kier alpha value is -2.58. The highest BCUT2D eigenvalue weighted by Crippen LogP contribution is 2.42. The lowest BCUT2D eigenvalue weighted by Crippen LogP contribution is -2.53. The number of fused-ring (bicyclic) bond motifs is 3. The highest BCUT2D eigenvalue weighted by Gasteiger charge is 2.45. The second kappa shape index (κ2) is 11.2. The maximum atomic E-state index is 13.8. The number of carbonyl (C=O) groups is 3. The summed E-state index contributed by atoms with van der Waals surface area (Å²) in [5, 5.41) is 3.21. The van der Waals surface area contributed by atoms with E-state index in [4.69, 9.17) is 4.74 Å². The molecule has 2 aromatic rings. The number of anilines is 1. The van der Waals surface area contributed by atoms with Crippen LogP contribution in [-0.4, -0.2) is 53.8 Å². The lowest BCUT2D eigenvalue weighted by molar-refractivity contribution is -0.167. The van der Waals surface area contributed by atoms with Crippen LogP contribution in [0.3, 0.4) is 0 Å². The summed E-state index contributed by atoms with van der Waals surface area (Å²) in [5.74, 6) is 0.366. The third-order valence-electron chi connectivity index (χ3n) is 8.19. The average Bonchev–Trinajstić information content (AvgIpc) is 3.37. The van der Waals surface area contributed by atoms with Gasteiger partial charge in [0.15, 0.2) is 11.4 Å². The molecule has 8 heteroatoms. The standard InChI is InChI=1S/C28H35N3O4S/c32-19-23-17-29-27(36-23)30-25(33)9-5-7-20-6-4-8-22(16-20)28(12-2-1-3-13-28)26(34)35-24-18-31-14-10-21(24)11-15-31/h4,6,8,16-17,19,21,24H,1-3,5,7,9-15,18H2,(H,29,30,33)/t24-/m0/s1. The number of hydrogen-bond acceptors (Lipinski definition) is 7. The van der Waals surface area contributed by atoms with Crippen molar-refractivity contribution in [2.24, 2.45) is 5.92 Å². The van der Waals surface area contributed by atoms with E-state index < -0.39 is 5.41 Å². The van der Waals surface area contributed by atoms with Gasteiger partial charge in [0.25, 0.3) is 0 Å². The van der Waals surface area contributed by atoms with Gasteiger partial charge in [0, 0.05) is 13.0 Å². The zero-order chi connectivity index (χ0) is 25.0. The molecule has 0 unspecified atom stereocenters. The van der Waals surface area contributed by atoms with Crippen LogP contribution in [0.25, 0.3) is 0 Å². The fourth-order valence-corrected chi connectivity index (χ4v) is 6.77. The van der Waals surface area contributed by atoms with E-state index in [9.17, 15) is 14.4 Å². The molecular formula is C28H35N3O4S. The Labute approximate surface area is 216 Å². The molecular weight excluding hydrogens is 474 g/mol. The van der Waals surface area contributed by atoms with Crippen LogP contribution in [0.15, 0.2) is 30.5 Å². The van der Waals surface area contributed by atoms with Crippen LogP contribution in [0.5, 0.6) is 0 Å². The number of aldehydes is 1. The van der Waals surface area contributed by atoms with Crippen LogP contribution in [0, 0.1) is 5.92 Å². The second-order valence-electron chi connectivity index (χ2n) is 10.5. The van der Waals surface area contributed by atoms with Gasteiger partial charge in [-0.05, 0) is 68.7 Å². The van der Waals surface area contributed by atoms with Crippen molar-refractivity contribution in [2.75, 3.05) is 25.0 Å². The first-order valence-electron chi connectivity index (χ1n) is 13.3. The van der Waals surface area contributed by atoms with Gasteiger partial charge in [-0.15, -0.1) is 0 Å². The lowest BCUT2D eigenvalue weighted by atomic mass is 9.69. The number of aryl methyl sites for hydroxylation is 1.